The van der Waals surface area contributed by atoms with E-state index >= 15 is 0 Å². The topological polar surface area (TPSA) is 92.1 Å². The van der Waals surface area contributed by atoms with E-state index < -0.39 is 5.92 Å². The van der Waals surface area contributed by atoms with Crippen molar-refractivity contribution in [2.45, 2.75) is 25.6 Å². The fourth-order valence-electron chi connectivity index (χ4n) is 5.36. The van der Waals surface area contributed by atoms with Crippen LogP contribution in [-0.4, -0.2) is 71.7 Å². The number of aliphatic hydroxyl groups is 1. The van der Waals surface area contributed by atoms with E-state index in [-0.39, 0.29) is 42.0 Å². The molecule has 0 radical (unpaired) electrons. The van der Waals surface area contributed by atoms with Crippen LogP contribution >= 0.6 is 0 Å². The summed E-state index contributed by atoms with van der Waals surface area (Å²) < 4.78 is 6.79. The van der Waals surface area contributed by atoms with Gasteiger partial charge in [-0.05, 0) is 36.4 Å². The molecule has 0 saturated carbocycles. The van der Waals surface area contributed by atoms with Crippen LogP contribution in [0.25, 0.3) is 11.1 Å². The van der Waals surface area contributed by atoms with Gasteiger partial charge < -0.3 is 19.3 Å². The summed E-state index contributed by atoms with van der Waals surface area (Å²) in [5.74, 6) is -1.34. The molecule has 2 aliphatic heterocycles. The summed E-state index contributed by atoms with van der Waals surface area (Å²) in [6.07, 6.45) is 0. The standard InChI is InChI=1S/C24H29N3O5/c1-5-26-19-12-27-18(21(26)20(17(19)13-28)24(31)32-4)10-9-16(23(27)30)14-7-6-8-15(11-14)22(29)25(2)3/h6-11,17,19-21,28H,5,12-13H2,1-4H3/t17-,19-,20+,21+/m1/s1. The molecule has 1 N–H and O–H groups in total. The molecule has 8 nitrogen and oxygen atoms in total. The van der Waals surface area contributed by atoms with E-state index in [1.165, 1.54) is 12.0 Å². The van der Waals surface area contributed by atoms with Crippen LogP contribution in [0.3, 0.4) is 0 Å². The van der Waals surface area contributed by atoms with Crippen molar-refractivity contribution >= 4 is 11.9 Å². The Balaban J connectivity index is 1.82. The number of methoxy groups -OCH3 is 1. The van der Waals surface area contributed by atoms with Crippen molar-refractivity contribution in [3.05, 3.63) is 58.0 Å². The van der Waals surface area contributed by atoms with Crippen molar-refractivity contribution in [2.75, 3.05) is 34.4 Å². The number of fused-ring (bicyclic) bond motifs is 4. The number of carbonyl (C=O) groups excluding carboxylic acids is 2. The van der Waals surface area contributed by atoms with Crippen LogP contribution in [0.15, 0.2) is 41.2 Å². The minimum absolute atomic E-state index is 0.131. The Labute approximate surface area is 187 Å². The Hall–Kier alpha value is -2.97. The predicted octanol–water partition coefficient (Wildman–Crippen LogP) is 1.37. The second-order valence-corrected chi connectivity index (χ2v) is 8.61. The third kappa shape index (κ3) is 3.34. The molecule has 1 fully saturated rings. The molecule has 2 bridgehead atoms. The normalized spacial score (nSPS) is 24.2. The third-order valence-corrected chi connectivity index (χ3v) is 6.84. The van der Waals surface area contributed by atoms with Crippen molar-refractivity contribution in [3.63, 3.8) is 0 Å². The molecule has 4 rings (SSSR count). The number of aliphatic hydroxyl groups excluding tert-OH is 1. The van der Waals surface area contributed by atoms with Gasteiger partial charge in [-0.25, -0.2) is 0 Å². The number of likely N-dealkylation sites (N-methyl/N-ethyl adjacent to an activating group) is 1. The van der Waals surface area contributed by atoms with E-state index in [0.29, 0.717) is 29.8 Å². The second kappa shape index (κ2) is 8.52. The van der Waals surface area contributed by atoms with Crippen LogP contribution in [0.2, 0.25) is 0 Å². The zero-order valence-electron chi connectivity index (χ0n) is 18.8. The van der Waals surface area contributed by atoms with Crippen LogP contribution in [0.4, 0.5) is 0 Å². The highest BCUT2D eigenvalue weighted by molar-refractivity contribution is 5.95. The number of rotatable bonds is 5. The summed E-state index contributed by atoms with van der Waals surface area (Å²) in [5.41, 5.74) is 2.28. The maximum atomic E-state index is 13.6. The predicted molar refractivity (Wildman–Crippen MR) is 119 cm³/mol. The molecule has 0 spiro atoms. The van der Waals surface area contributed by atoms with Crippen molar-refractivity contribution < 1.29 is 19.4 Å². The summed E-state index contributed by atoms with van der Waals surface area (Å²) in [6.45, 7) is 2.95. The minimum Gasteiger partial charge on any atom is -0.469 e. The molecule has 0 unspecified atom stereocenters. The number of hydrogen-bond donors (Lipinski definition) is 1. The Morgan fingerprint density at radius 3 is 2.59 bits per heavy atom. The maximum Gasteiger partial charge on any atom is 0.311 e. The number of pyridine rings is 1. The lowest BCUT2D eigenvalue weighted by Crippen LogP contribution is -2.46. The first-order chi connectivity index (χ1) is 15.3. The van der Waals surface area contributed by atoms with Gasteiger partial charge >= 0.3 is 5.97 Å². The molecule has 4 atom stereocenters. The fraction of sp³-hybridized carbons (Fsp3) is 0.458. The van der Waals surface area contributed by atoms with Crippen molar-refractivity contribution in [1.82, 2.24) is 14.4 Å². The number of ether oxygens (including phenoxy) is 1. The molecule has 2 aliphatic rings. The lowest BCUT2D eigenvalue weighted by molar-refractivity contribution is -0.148. The third-order valence-electron chi connectivity index (χ3n) is 6.84. The van der Waals surface area contributed by atoms with Crippen LogP contribution in [0.1, 0.15) is 29.0 Å². The molecular formula is C24H29N3O5. The largest absolute Gasteiger partial charge is 0.469 e. The Kier molecular flexibility index (Phi) is 5.92. The van der Waals surface area contributed by atoms with Gasteiger partial charge in [0.05, 0.1) is 19.1 Å². The molecule has 170 valence electrons. The Morgan fingerprint density at radius 1 is 1.22 bits per heavy atom. The first-order valence-corrected chi connectivity index (χ1v) is 10.8. The van der Waals surface area contributed by atoms with Crippen molar-refractivity contribution in [1.29, 1.82) is 0 Å². The SMILES string of the molecule is CCN1[C@@H]2Cn3c(ccc(-c4cccc(C(=O)N(C)C)c4)c3=O)[C@H]1[C@@H](C(=O)OC)[C@@H]2CO. The molecule has 8 heteroatoms. The minimum atomic E-state index is -0.532. The van der Waals surface area contributed by atoms with Gasteiger partial charge in [0.15, 0.2) is 0 Å². The van der Waals surface area contributed by atoms with E-state index in [0.717, 1.165) is 5.69 Å². The fourth-order valence-corrected chi connectivity index (χ4v) is 5.36. The molecule has 32 heavy (non-hydrogen) atoms. The van der Waals surface area contributed by atoms with Gasteiger partial charge in [-0.2, -0.15) is 0 Å². The number of hydrogen-bond acceptors (Lipinski definition) is 6. The zero-order valence-corrected chi connectivity index (χ0v) is 18.8. The van der Waals surface area contributed by atoms with Crippen LogP contribution in [0.5, 0.6) is 0 Å². The quantitative estimate of drug-likeness (QED) is 0.708. The molecule has 3 heterocycles. The molecule has 2 aromatic rings. The first kappa shape index (κ1) is 22.2. The summed E-state index contributed by atoms with van der Waals surface area (Å²) in [4.78, 5) is 42.3. The average molecular weight is 440 g/mol. The number of aromatic nitrogens is 1. The summed E-state index contributed by atoms with van der Waals surface area (Å²) in [5, 5.41) is 10.1. The number of benzene rings is 1. The zero-order chi connectivity index (χ0) is 23.2. The molecule has 1 aromatic carbocycles. The highest BCUT2D eigenvalue weighted by Crippen LogP contribution is 2.48. The van der Waals surface area contributed by atoms with E-state index in [2.05, 4.69) is 4.90 Å². The van der Waals surface area contributed by atoms with Crippen molar-refractivity contribution in [3.8, 4) is 11.1 Å². The van der Waals surface area contributed by atoms with E-state index in [1.54, 1.807) is 42.9 Å². The van der Waals surface area contributed by atoms with Gasteiger partial charge in [0, 0.05) is 56.0 Å². The maximum absolute atomic E-state index is 13.6. The average Bonchev–Trinajstić information content (AvgIpc) is 3.03. The van der Waals surface area contributed by atoms with Gasteiger partial charge in [-0.15, -0.1) is 0 Å². The van der Waals surface area contributed by atoms with Crippen LogP contribution in [-0.2, 0) is 16.1 Å². The molecule has 1 amide bonds. The number of carbonyl (C=O) groups is 2. The van der Waals surface area contributed by atoms with Gasteiger partial charge in [0.1, 0.15) is 0 Å². The highest BCUT2D eigenvalue weighted by Gasteiger charge is 2.55. The van der Waals surface area contributed by atoms with Gasteiger partial charge in [0.25, 0.3) is 11.5 Å². The number of nitrogens with zero attached hydrogens (tertiary/aromatic N) is 3. The summed E-state index contributed by atoms with van der Waals surface area (Å²) in [7, 11) is 4.73. The molecule has 1 saturated heterocycles. The van der Waals surface area contributed by atoms with E-state index in [9.17, 15) is 19.5 Å². The summed E-state index contributed by atoms with van der Waals surface area (Å²) >= 11 is 0. The number of amides is 1. The lowest BCUT2D eigenvalue weighted by Gasteiger charge is -2.37. The molecule has 0 aliphatic carbocycles. The number of esters is 1. The Bertz CT molecular complexity index is 1110. The molecule has 1 aromatic heterocycles. The van der Waals surface area contributed by atoms with Crippen molar-refractivity contribution in [2.24, 2.45) is 11.8 Å². The lowest BCUT2D eigenvalue weighted by atomic mass is 9.87. The van der Waals surface area contributed by atoms with Gasteiger partial charge in [-0.1, -0.05) is 19.1 Å². The summed E-state index contributed by atoms with van der Waals surface area (Å²) in [6, 6.07) is 10.2. The Morgan fingerprint density at radius 2 is 1.97 bits per heavy atom. The van der Waals surface area contributed by atoms with Crippen LogP contribution < -0.4 is 5.56 Å². The van der Waals surface area contributed by atoms with E-state index in [1.807, 2.05) is 19.1 Å². The smallest absolute Gasteiger partial charge is 0.311 e. The van der Waals surface area contributed by atoms with Gasteiger partial charge in [0.2, 0.25) is 0 Å². The van der Waals surface area contributed by atoms with E-state index in [4.69, 9.17) is 4.74 Å². The van der Waals surface area contributed by atoms with Gasteiger partial charge in [-0.3, -0.25) is 19.3 Å². The molecular weight excluding hydrogens is 410 g/mol. The van der Waals surface area contributed by atoms with Crippen LogP contribution in [0, 0.1) is 11.8 Å². The monoisotopic (exact) mass is 439 g/mol. The second-order valence-electron chi connectivity index (χ2n) is 8.61. The highest BCUT2D eigenvalue weighted by atomic mass is 16.5. The first-order valence-electron chi connectivity index (χ1n) is 10.8.